The van der Waals surface area contributed by atoms with Gasteiger partial charge in [-0.25, -0.2) is 9.98 Å². The van der Waals surface area contributed by atoms with E-state index in [1.165, 1.54) is 47.1 Å². The molecule has 14 rings (SSSR count). The van der Waals surface area contributed by atoms with Crippen LogP contribution in [0.25, 0.3) is 102 Å². The van der Waals surface area contributed by atoms with Crippen LogP contribution in [0.3, 0.4) is 0 Å². The summed E-state index contributed by atoms with van der Waals surface area (Å²) in [5, 5.41) is 15.6. The van der Waals surface area contributed by atoms with Crippen molar-refractivity contribution in [3.05, 3.63) is 223 Å². The van der Waals surface area contributed by atoms with Gasteiger partial charge in [0.25, 0.3) is 0 Å². The van der Waals surface area contributed by atoms with Crippen LogP contribution >= 0.6 is 11.3 Å². The van der Waals surface area contributed by atoms with Gasteiger partial charge in [0, 0.05) is 58.5 Å². The van der Waals surface area contributed by atoms with Crippen molar-refractivity contribution in [2.75, 3.05) is 0 Å². The van der Waals surface area contributed by atoms with Crippen molar-refractivity contribution >= 4 is 108 Å². The smallest absolute Gasteiger partial charge is 0.160 e. The molecular weight excluding hydrogens is 813 g/mol. The van der Waals surface area contributed by atoms with E-state index in [0.717, 1.165) is 77.7 Å². The van der Waals surface area contributed by atoms with Crippen LogP contribution in [0.5, 0.6) is 0 Å². The highest BCUT2D eigenvalue weighted by Crippen LogP contribution is 2.43. The first-order valence-corrected chi connectivity index (χ1v) is 22.8. The topological polar surface area (TPSA) is 54.8 Å². The molecule has 0 amide bonds. The fraction of sp³-hybridized carbons (Fsp3) is 0.0169. The fourth-order valence-electron chi connectivity index (χ4n) is 10.2. The molecule has 6 heteroatoms. The molecule has 0 aliphatic carbocycles. The molecule has 304 valence electrons. The molecular formula is C59H36N4OS. The minimum atomic E-state index is -0.376. The van der Waals surface area contributed by atoms with Crippen molar-refractivity contribution in [2.45, 2.75) is 6.17 Å². The van der Waals surface area contributed by atoms with Gasteiger partial charge in [0.15, 0.2) is 5.84 Å². The van der Waals surface area contributed by atoms with Crippen molar-refractivity contribution in [3.63, 3.8) is 0 Å². The summed E-state index contributed by atoms with van der Waals surface area (Å²) < 4.78 is 11.6. The number of benzene rings is 10. The first-order valence-electron chi connectivity index (χ1n) is 22.0. The quantitative estimate of drug-likeness (QED) is 0.188. The van der Waals surface area contributed by atoms with Gasteiger partial charge in [-0.05, 0) is 105 Å². The second kappa shape index (κ2) is 14.1. The summed E-state index contributed by atoms with van der Waals surface area (Å²) in [5.74, 6) is 1.46. The average molecular weight is 849 g/mol. The van der Waals surface area contributed by atoms with E-state index in [9.17, 15) is 0 Å². The van der Waals surface area contributed by atoms with Crippen LogP contribution < -0.4 is 5.32 Å². The predicted molar refractivity (Wildman–Crippen MR) is 273 cm³/mol. The molecule has 0 fully saturated rings. The second-order valence-electron chi connectivity index (χ2n) is 16.9. The summed E-state index contributed by atoms with van der Waals surface area (Å²) in [7, 11) is 0. The van der Waals surface area contributed by atoms with E-state index < -0.39 is 0 Å². The number of hydrogen-bond acceptors (Lipinski definition) is 5. The lowest BCUT2D eigenvalue weighted by molar-refractivity contribution is 0.669. The molecule has 1 N–H and O–H groups in total. The van der Waals surface area contributed by atoms with Gasteiger partial charge < -0.3 is 14.3 Å². The number of nitrogens with one attached hydrogen (secondary N) is 1. The summed E-state index contributed by atoms with van der Waals surface area (Å²) in [6, 6.07) is 73.9. The molecule has 0 radical (unpaired) electrons. The Morgan fingerprint density at radius 2 is 1.14 bits per heavy atom. The number of rotatable bonds is 5. The summed E-state index contributed by atoms with van der Waals surface area (Å²) >= 11 is 1.81. The van der Waals surface area contributed by atoms with Gasteiger partial charge in [-0.1, -0.05) is 140 Å². The van der Waals surface area contributed by atoms with Crippen LogP contribution in [0, 0.1) is 0 Å². The minimum Gasteiger partial charge on any atom is -0.456 e. The Kier molecular flexibility index (Phi) is 7.85. The van der Waals surface area contributed by atoms with Crippen LogP contribution in [0.4, 0.5) is 0 Å². The highest BCUT2D eigenvalue weighted by Gasteiger charge is 2.26. The molecule has 5 nitrogen and oxygen atoms in total. The number of fused-ring (bicyclic) bond motifs is 11. The summed E-state index contributed by atoms with van der Waals surface area (Å²) in [6.07, 6.45) is -0.376. The van der Waals surface area contributed by atoms with Crippen molar-refractivity contribution < 1.29 is 4.42 Å². The van der Waals surface area contributed by atoms with Crippen molar-refractivity contribution in [3.8, 4) is 16.8 Å². The number of hydrogen-bond donors (Lipinski definition) is 1. The molecule has 0 bridgehead atoms. The number of nitrogens with zero attached hydrogens (tertiary/aromatic N) is 3. The van der Waals surface area contributed by atoms with Gasteiger partial charge in [-0.2, -0.15) is 0 Å². The predicted octanol–water partition coefficient (Wildman–Crippen LogP) is 15.5. The van der Waals surface area contributed by atoms with Gasteiger partial charge in [0.1, 0.15) is 23.2 Å². The first-order chi connectivity index (χ1) is 32.2. The van der Waals surface area contributed by atoms with Crippen molar-refractivity contribution in [1.82, 2.24) is 9.88 Å². The van der Waals surface area contributed by atoms with Gasteiger partial charge in [0.2, 0.25) is 0 Å². The Labute approximate surface area is 376 Å². The zero-order valence-corrected chi connectivity index (χ0v) is 35.7. The summed E-state index contributed by atoms with van der Waals surface area (Å²) in [4.78, 5) is 11.0. The zero-order valence-electron chi connectivity index (χ0n) is 34.9. The van der Waals surface area contributed by atoms with E-state index in [-0.39, 0.29) is 6.17 Å². The number of furan rings is 1. The van der Waals surface area contributed by atoms with Gasteiger partial charge in [-0.15, -0.1) is 11.3 Å². The van der Waals surface area contributed by atoms with Crippen LogP contribution in [-0.2, 0) is 0 Å². The number of aromatic nitrogens is 1. The third-order valence-corrected chi connectivity index (χ3v) is 14.4. The first kappa shape index (κ1) is 36.2. The Bertz CT molecular complexity index is 4170. The van der Waals surface area contributed by atoms with E-state index in [2.05, 4.69) is 216 Å². The maximum absolute atomic E-state index is 6.71. The molecule has 65 heavy (non-hydrogen) atoms. The Morgan fingerprint density at radius 1 is 0.462 bits per heavy atom. The van der Waals surface area contributed by atoms with E-state index in [4.69, 9.17) is 14.4 Å². The van der Waals surface area contributed by atoms with E-state index in [1.54, 1.807) is 0 Å². The summed E-state index contributed by atoms with van der Waals surface area (Å²) in [5.41, 5.74) is 10.2. The maximum Gasteiger partial charge on any atom is 0.160 e. The number of thiophene rings is 1. The molecule has 0 saturated carbocycles. The normalized spacial score (nSPS) is 14.3. The lowest BCUT2D eigenvalue weighted by Gasteiger charge is -2.25. The van der Waals surface area contributed by atoms with Crippen LogP contribution in [-0.4, -0.2) is 16.2 Å². The van der Waals surface area contributed by atoms with Crippen LogP contribution in [0.2, 0.25) is 0 Å². The van der Waals surface area contributed by atoms with Crippen LogP contribution in [0.15, 0.2) is 221 Å². The molecule has 1 aliphatic heterocycles. The minimum absolute atomic E-state index is 0.376. The number of aliphatic imine (C=N–C) groups is 2. The molecule has 0 spiro atoms. The third-order valence-electron chi connectivity index (χ3n) is 13.2. The van der Waals surface area contributed by atoms with Crippen molar-refractivity contribution in [2.24, 2.45) is 9.98 Å². The lowest BCUT2D eigenvalue weighted by atomic mass is 9.93. The van der Waals surface area contributed by atoms with Gasteiger partial charge in [0.05, 0.1) is 11.0 Å². The molecule has 1 unspecified atom stereocenters. The molecule has 1 aliphatic rings. The van der Waals surface area contributed by atoms with Gasteiger partial charge in [-0.3, -0.25) is 0 Å². The monoisotopic (exact) mass is 848 g/mol. The highest BCUT2D eigenvalue weighted by atomic mass is 32.1. The second-order valence-corrected chi connectivity index (χ2v) is 18.0. The maximum atomic E-state index is 6.71. The molecule has 3 aromatic heterocycles. The highest BCUT2D eigenvalue weighted by molar-refractivity contribution is 7.26. The average Bonchev–Trinajstić information content (AvgIpc) is 4.04. The lowest BCUT2D eigenvalue weighted by Crippen LogP contribution is -2.33. The van der Waals surface area contributed by atoms with Crippen LogP contribution in [0.1, 0.15) is 22.9 Å². The largest absolute Gasteiger partial charge is 0.456 e. The van der Waals surface area contributed by atoms with E-state index >= 15 is 0 Å². The fourth-order valence-corrected chi connectivity index (χ4v) is 11.4. The third kappa shape index (κ3) is 5.64. The zero-order chi connectivity index (χ0) is 42.6. The molecule has 13 aromatic rings. The van der Waals surface area contributed by atoms with Crippen molar-refractivity contribution in [1.29, 1.82) is 0 Å². The molecule has 0 saturated heterocycles. The molecule has 1 atom stereocenters. The number of amidine groups is 2. The SMILES string of the molecule is c1ccc(C2N=C(c3ccc(-n4c5ccccc5c5cc6ccccc6cc54)cc3-c3cccc4oc5cc6ccccc6cc5c34)N=C(c3cccc4c3sc3ccccc34)N2)cc1. The standard InChI is InChI=1S/C59H36N4OS/c1-2-14-35(15-3-1)57-60-58(62-59(61-57)46-24-12-23-44-42-21-9-11-27-54(42)65-56(44)46)45-29-28-40(63-50-25-10-8-20-41(50)48-30-36-16-4-6-18-38(36)32-51(48)63)34-47(45)43-22-13-26-52-55(43)49-31-37-17-5-7-19-39(37)33-53(49)64-52/h1-34,57H,(H,60,61,62). The Balaban J connectivity index is 1.06. The number of para-hydroxylation sites is 1. The molecule has 10 aromatic carbocycles. The van der Waals surface area contributed by atoms with E-state index in [1.807, 2.05) is 11.3 Å². The molecule has 4 heterocycles. The Morgan fingerprint density at radius 3 is 1.98 bits per heavy atom. The Hall–Kier alpha value is -8.32. The summed E-state index contributed by atoms with van der Waals surface area (Å²) in [6.45, 7) is 0. The van der Waals surface area contributed by atoms with Gasteiger partial charge >= 0.3 is 0 Å². The van der Waals surface area contributed by atoms with E-state index in [0.29, 0.717) is 5.84 Å².